The molecule has 1 heterocycles. The van der Waals surface area contributed by atoms with Gasteiger partial charge in [-0.05, 0) is 89.9 Å². The summed E-state index contributed by atoms with van der Waals surface area (Å²) in [5.74, 6) is 0.790. The molecule has 1 aliphatic heterocycles. The fraction of sp³-hybridized carbons (Fsp3) is 0.794. The molecule has 3 aliphatic carbocycles. The largest absolute Gasteiger partial charge is 0.392 e. The van der Waals surface area contributed by atoms with Crippen LogP contribution in [-0.4, -0.2) is 26.7 Å². The van der Waals surface area contributed by atoms with Gasteiger partial charge in [-0.25, -0.2) is 0 Å². The lowest BCUT2D eigenvalue weighted by Crippen LogP contribution is -2.62. The van der Waals surface area contributed by atoms with E-state index in [9.17, 15) is 9.90 Å². The number of ketones is 1. The number of hydrogen-bond acceptors (Lipinski definition) is 3. The standard InChI is InChI=1S/C34H53IO3/c1-10-13-24(5)26-18-23(4)16-17-30(26,7)31(8)21-29(6)22-34(35)33(27(36)15-12-3,19-25(38-34)14-11-2)32(29,9)20-28(31)37/h16-18,24-25,28,37H,4,10-15,19-22H2,1-3,5-9H3/t24-,25?,28-,29+,30-,31+,32-,33+,34+/m0/s1. The number of carbonyl (C=O) groups is 1. The van der Waals surface area contributed by atoms with E-state index < -0.39 is 15.1 Å². The van der Waals surface area contributed by atoms with Crippen molar-refractivity contribution in [1.29, 1.82) is 0 Å². The Labute approximate surface area is 246 Å². The number of ether oxygens (including phenoxy) is 1. The summed E-state index contributed by atoms with van der Waals surface area (Å²) in [4.78, 5) is 14.3. The zero-order chi connectivity index (χ0) is 28.4. The van der Waals surface area contributed by atoms with Crippen molar-refractivity contribution in [3.05, 3.63) is 36.0 Å². The number of fused-ring (bicyclic) bond motifs is 3. The SMILES string of the molecule is C=C1C=C[C@](C)([C@]2(C)C[C@]3(C)C[C@@]4(I)OC(CCC)C[C@@]4(C(=O)CCC)[C@@]3(C)C[C@@H]2O)C([C@@H](C)CCC)=C1. The number of carbonyl (C=O) groups excluding carboxylic acids is 1. The van der Waals surface area contributed by atoms with E-state index >= 15 is 0 Å². The first-order chi connectivity index (χ1) is 17.6. The first-order valence-electron chi connectivity index (χ1n) is 15.3. The summed E-state index contributed by atoms with van der Waals surface area (Å²) in [5.41, 5.74) is 0.786. The molecule has 2 saturated carbocycles. The van der Waals surface area contributed by atoms with Crippen LogP contribution in [0.15, 0.2) is 36.0 Å². The Hall–Kier alpha value is -0.460. The smallest absolute Gasteiger partial charge is 0.143 e. The second-order valence-electron chi connectivity index (χ2n) is 14.3. The number of alkyl halides is 1. The average molecular weight is 637 g/mol. The molecule has 3 fully saturated rings. The van der Waals surface area contributed by atoms with Crippen LogP contribution >= 0.6 is 22.6 Å². The molecule has 1 unspecified atom stereocenters. The molecule has 4 heteroatoms. The Balaban J connectivity index is 1.83. The molecule has 0 aromatic carbocycles. The molecule has 0 aromatic heterocycles. The van der Waals surface area contributed by atoms with Crippen LogP contribution in [0.5, 0.6) is 0 Å². The molecule has 0 aromatic rings. The van der Waals surface area contributed by atoms with Crippen LogP contribution < -0.4 is 0 Å². The van der Waals surface area contributed by atoms with Gasteiger partial charge in [0, 0.05) is 17.3 Å². The Morgan fingerprint density at radius 1 is 1.13 bits per heavy atom. The van der Waals surface area contributed by atoms with Crippen molar-refractivity contribution in [2.45, 2.75) is 135 Å². The molecule has 214 valence electrons. The van der Waals surface area contributed by atoms with Crippen LogP contribution in [0.1, 0.15) is 120 Å². The molecule has 0 radical (unpaired) electrons. The maximum atomic E-state index is 14.3. The zero-order valence-electron chi connectivity index (χ0n) is 25.4. The van der Waals surface area contributed by atoms with E-state index in [0.29, 0.717) is 24.5 Å². The van der Waals surface area contributed by atoms with Gasteiger partial charge in [0.25, 0.3) is 0 Å². The Bertz CT molecular complexity index is 1030. The van der Waals surface area contributed by atoms with Crippen LogP contribution in [-0.2, 0) is 9.53 Å². The normalized spacial score (nSPS) is 47.0. The van der Waals surface area contributed by atoms with Gasteiger partial charge in [0.05, 0.1) is 17.6 Å². The fourth-order valence-corrected chi connectivity index (χ4v) is 12.1. The average Bonchev–Trinajstić information content (AvgIpc) is 3.18. The van der Waals surface area contributed by atoms with E-state index in [1.807, 2.05) is 0 Å². The third-order valence-corrected chi connectivity index (χ3v) is 13.6. The van der Waals surface area contributed by atoms with E-state index in [2.05, 4.69) is 103 Å². The molecule has 38 heavy (non-hydrogen) atoms. The predicted octanol–water partition coefficient (Wildman–Crippen LogP) is 9.13. The number of allylic oxidation sites excluding steroid dienone is 5. The molecule has 3 nitrogen and oxygen atoms in total. The lowest BCUT2D eigenvalue weighted by atomic mass is 9.40. The maximum absolute atomic E-state index is 14.3. The van der Waals surface area contributed by atoms with Gasteiger partial charge in [0.1, 0.15) is 9.39 Å². The highest BCUT2D eigenvalue weighted by atomic mass is 127. The van der Waals surface area contributed by atoms with Gasteiger partial charge in [-0.3, -0.25) is 4.79 Å². The van der Waals surface area contributed by atoms with E-state index in [0.717, 1.165) is 56.9 Å². The van der Waals surface area contributed by atoms with Gasteiger partial charge in [0.15, 0.2) is 0 Å². The lowest BCUT2D eigenvalue weighted by molar-refractivity contribution is -0.179. The summed E-state index contributed by atoms with van der Waals surface area (Å²) in [7, 11) is 0. The summed E-state index contributed by atoms with van der Waals surface area (Å²) < 4.78 is 6.42. The Morgan fingerprint density at radius 2 is 1.82 bits per heavy atom. The van der Waals surface area contributed by atoms with E-state index in [4.69, 9.17) is 4.74 Å². The summed E-state index contributed by atoms with van der Waals surface area (Å²) in [6.45, 7) is 22.6. The summed E-state index contributed by atoms with van der Waals surface area (Å²) in [5, 5.41) is 12.3. The van der Waals surface area contributed by atoms with Crippen molar-refractivity contribution < 1.29 is 14.6 Å². The Morgan fingerprint density at radius 3 is 2.42 bits per heavy atom. The minimum Gasteiger partial charge on any atom is -0.392 e. The van der Waals surface area contributed by atoms with E-state index in [1.165, 1.54) is 5.57 Å². The molecular formula is C34H53IO3. The molecule has 0 spiro atoms. The van der Waals surface area contributed by atoms with Crippen molar-refractivity contribution in [2.75, 3.05) is 0 Å². The summed E-state index contributed by atoms with van der Waals surface area (Å²) in [6, 6.07) is 0. The van der Waals surface area contributed by atoms with Gasteiger partial charge < -0.3 is 9.84 Å². The van der Waals surface area contributed by atoms with Gasteiger partial charge in [-0.1, -0.05) is 98.6 Å². The van der Waals surface area contributed by atoms with Crippen molar-refractivity contribution in [3.63, 3.8) is 0 Å². The van der Waals surface area contributed by atoms with Crippen molar-refractivity contribution in [3.8, 4) is 0 Å². The van der Waals surface area contributed by atoms with E-state index in [1.54, 1.807) is 0 Å². The second-order valence-corrected chi connectivity index (χ2v) is 16.1. The number of aliphatic hydroxyl groups excluding tert-OH is 1. The number of rotatable bonds is 9. The molecule has 9 atom stereocenters. The van der Waals surface area contributed by atoms with Crippen LogP contribution in [0.25, 0.3) is 0 Å². The van der Waals surface area contributed by atoms with Gasteiger partial charge >= 0.3 is 0 Å². The molecule has 4 aliphatic rings. The zero-order valence-corrected chi connectivity index (χ0v) is 27.5. The number of halogens is 1. The van der Waals surface area contributed by atoms with Gasteiger partial charge in [-0.15, -0.1) is 0 Å². The second kappa shape index (κ2) is 10.1. The van der Waals surface area contributed by atoms with Crippen molar-refractivity contribution >= 4 is 28.4 Å². The lowest BCUT2D eigenvalue weighted by Gasteiger charge is -2.63. The summed E-state index contributed by atoms with van der Waals surface area (Å²) in [6.07, 6.45) is 15.3. The number of aliphatic hydroxyl groups is 1. The van der Waals surface area contributed by atoms with Crippen LogP contribution in [0.3, 0.4) is 0 Å². The predicted molar refractivity (Wildman–Crippen MR) is 166 cm³/mol. The molecule has 1 N–H and O–H groups in total. The van der Waals surface area contributed by atoms with E-state index in [-0.39, 0.29) is 27.8 Å². The number of hydrogen-bond donors (Lipinski definition) is 1. The van der Waals surface area contributed by atoms with Crippen LogP contribution in [0.2, 0.25) is 0 Å². The molecule has 4 rings (SSSR count). The van der Waals surface area contributed by atoms with Crippen LogP contribution in [0.4, 0.5) is 0 Å². The fourth-order valence-electron chi connectivity index (χ4n) is 9.77. The van der Waals surface area contributed by atoms with Crippen molar-refractivity contribution in [1.82, 2.24) is 0 Å². The quantitative estimate of drug-likeness (QED) is 0.203. The first-order valence-corrected chi connectivity index (χ1v) is 16.4. The van der Waals surface area contributed by atoms with Gasteiger partial charge in [0.2, 0.25) is 0 Å². The monoisotopic (exact) mass is 636 g/mol. The third kappa shape index (κ3) is 3.95. The minimum atomic E-state index is -0.556. The molecule has 0 bridgehead atoms. The van der Waals surface area contributed by atoms with Gasteiger partial charge in [-0.2, -0.15) is 0 Å². The molecule has 0 amide bonds. The van der Waals surface area contributed by atoms with Crippen LogP contribution in [0, 0.1) is 33.0 Å². The highest BCUT2D eigenvalue weighted by Gasteiger charge is 2.82. The minimum absolute atomic E-state index is 0.124. The Kier molecular flexibility index (Phi) is 8.12. The first kappa shape index (κ1) is 30.5. The maximum Gasteiger partial charge on any atom is 0.143 e. The summed E-state index contributed by atoms with van der Waals surface area (Å²) >= 11 is 2.55. The third-order valence-electron chi connectivity index (χ3n) is 12.1. The molecule has 1 saturated heterocycles. The highest BCUT2D eigenvalue weighted by Crippen LogP contribution is 2.81. The number of Topliss-reactive ketones (excluding diaryl/α,β-unsaturated/α-hetero) is 1. The van der Waals surface area contributed by atoms with Crippen molar-refractivity contribution in [2.24, 2.45) is 33.0 Å². The highest BCUT2D eigenvalue weighted by molar-refractivity contribution is 14.1. The topological polar surface area (TPSA) is 46.5 Å². The molecular weight excluding hydrogens is 583 g/mol.